The molecular weight excluding hydrogens is 852 g/mol. The van der Waals surface area contributed by atoms with Gasteiger partial charge in [0.2, 0.25) is 0 Å². The van der Waals surface area contributed by atoms with E-state index in [4.69, 9.17) is 28.4 Å². The number of ether oxygens (including phenoxy) is 6. The lowest BCUT2D eigenvalue weighted by atomic mass is 9.33. The normalized spacial score (nSPS) is 54.0. The lowest BCUT2D eigenvalue weighted by molar-refractivity contribution is -0.379. The first-order chi connectivity index (χ1) is 30.3. The van der Waals surface area contributed by atoms with Crippen LogP contribution in [0.2, 0.25) is 0 Å². The van der Waals surface area contributed by atoms with Crippen LogP contribution >= 0.6 is 0 Å². The first-order valence-corrected chi connectivity index (χ1v) is 23.8. The van der Waals surface area contributed by atoms with Crippen molar-refractivity contribution in [3.63, 3.8) is 0 Å². The molecule has 8 rings (SSSR count). The van der Waals surface area contributed by atoms with Gasteiger partial charge in [-0.3, -0.25) is 4.79 Å². The van der Waals surface area contributed by atoms with Crippen molar-refractivity contribution in [2.24, 2.45) is 50.2 Å². The molecule has 0 aromatic carbocycles. The molecule has 0 aromatic heterocycles. The van der Waals surface area contributed by atoms with Crippen molar-refractivity contribution >= 4 is 5.97 Å². The van der Waals surface area contributed by atoms with Gasteiger partial charge in [0.1, 0.15) is 72.6 Å². The minimum atomic E-state index is -1.88. The highest BCUT2D eigenvalue weighted by atomic mass is 16.8. The summed E-state index contributed by atoms with van der Waals surface area (Å²) in [7, 11) is 0. The number of aliphatic hydroxyl groups is 10. The third-order valence-corrected chi connectivity index (χ3v) is 19.0. The molecular formula is C47H76O18. The maximum Gasteiger partial charge on any atom is 0.312 e. The summed E-state index contributed by atoms with van der Waals surface area (Å²) < 4.78 is 35.4. The highest BCUT2D eigenvalue weighted by Crippen LogP contribution is 2.76. The van der Waals surface area contributed by atoms with Crippen LogP contribution in [-0.2, 0) is 33.2 Å². The zero-order valence-electron chi connectivity index (χ0n) is 38.8. The van der Waals surface area contributed by atoms with E-state index < -0.39 is 134 Å². The van der Waals surface area contributed by atoms with E-state index in [0.29, 0.717) is 19.3 Å². The molecule has 7 fully saturated rings. The summed E-state index contributed by atoms with van der Waals surface area (Å²) in [4.78, 5) is 13.2. The van der Waals surface area contributed by atoms with Crippen molar-refractivity contribution in [3.8, 4) is 0 Å². The van der Waals surface area contributed by atoms with Crippen LogP contribution in [0.5, 0.6) is 0 Å². The van der Waals surface area contributed by atoms with Crippen LogP contribution in [0.3, 0.4) is 0 Å². The predicted molar refractivity (Wildman–Crippen MR) is 226 cm³/mol. The Morgan fingerprint density at radius 2 is 1.29 bits per heavy atom. The molecule has 0 aromatic rings. The Kier molecular flexibility index (Phi) is 13.4. The lowest BCUT2D eigenvalue weighted by Crippen LogP contribution is -2.68. The average Bonchev–Trinajstić information content (AvgIpc) is 3.23. The number of aliphatic hydroxyl groups excluding tert-OH is 10. The molecule has 8 aliphatic rings. The van der Waals surface area contributed by atoms with E-state index in [9.17, 15) is 61.0 Å². The first kappa shape index (κ1) is 50.0. The fourth-order valence-electron chi connectivity index (χ4n) is 15.0. The van der Waals surface area contributed by atoms with Gasteiger partial charge in [-0.05, 0) is 103 Å². The van der Waals surface area contributed by atoms with Crippen molar-refractivity contribution in [3.05, 3.63) is 11.6 Å². The summed E-state index contributed by atoms with van der Waals surface area (Å²) in [5, 5.41) is 119. The summed E-state index contributed by atoms with van der Waals surface area (Å²) in [6.45, 7) is 14.0. The predicted octanol–water partition coefficient (Wildman–Crippen LogP) is 0.316. The molecule has 3 saturated heterocycles. The Balaban J connectivity index is 0.976. The SMILES string of the molecule is CC1(C)CC[C@]2(C(=O)O)[C@H](O)C[C@]3(C)C(=CC[C@@H]4[C@@]5(C)CC[C@H](O[C@@H]6OC[C@H](O)[C@H](O[C@@H]7O[C@H](CO)[C@@H](O)[C@H](O[C@@H]8O[C@H](CO)[C@@H](O)[C@H](O)[C@H]8O)[C@H]7O)[C@H]6O)C(C)(C)[C@@H]5CC[C@]43C)[C@@H]2C1. The molecule has 18 heteroatoms. The molecule has 18 nitrogen and oxygen atoms in total. The second-order valence-electron chi connectivity index (χ2n) is 23.1. The topological polar surface area (TPSA) is 295 Å². The van der Waals surface area contributed by atoms with E-state index in [1.807, 2.05) is 0 Å². The number of aliphatic carboxylic acids is 1. The minimum absolute atomic E-state index is 0.0400. The highest BCUT2D eigenvalue weighted by Gasteiger charge is 2.71. The second kappa shape index (κ2) is 17.5. The first-order valence-electron chi connectivity index (χ1n) is 23.8. The summed E-state index contributed by atoms with van der Waals surface area (Å²) in [5.41, 5.74) is -1.19. The fraction of sp³-hybridized carbons (Fsp3) is 0.936. The third-order valence-electron chi connectivity index (χ3n) is 19.0. The third kappa shape index (κ3) is 7.71. The molecule has 4 saturated carbocycles. The number of carbonyl (C=O) groups is 1. The van der Waals surface area contributed by atoms with Crippen LogP contribution in [0.4, 0.5) is 0 Å². The van der Waals surface area contributed by atoms with Crippen LogP contribution in [0, 0.1) is 50.2 Å². The van der Waals surface area contributed by atoms with Crippen LogP contribution in [0.15, 0.2) is 11.6 Å². The Hall–Kier alpha value is -1.43. The summed E-state index contributed by atoms with van der Waals surface area (Å²) in [5.74, 6) is -0.710. The Labute approximate surface area is 380 Å². The number of hydrogen-bond acceptors (Lipinski definition) is 17. The van der Waals surface area contributed by atoms with Gasteiger partial charge in [-0.25, -0.2) is 0 Å². The molecule has 0 radical (unpaired) electrons. The zero-order valence-corrected chi connectivity index (χ0v) is 38.8. The van der Waals surface area contributed by atoms with Crippen molar-refractivity contribution in [1.29, 1.82) is 0 Å². The Morgan fingerprint density at radius 1 is 0.677 bits per heavy atom. The van der Waals surface area contributed by atoms with Crippen LogP contribution in [-0.4, -0.2) is 180 Å². The molecule has 0 amide bonds. The van der Waals surface area contributed by atoms with Crippen molar-refractivity contribution in [2.45, 2.75) is 204 Å². The largest absolute Gasteiger partial charge is 0.481 e. The minimum Gasteiger partial charge on any atom is -0.481 e. The summed E-state index contributed by atoms with van der Waals surface area (Å²) >= 11 is 0. The van der Waals surface area contributed by atoms with E-state index in [1.54, 1.807) is 0 Å². The second-order valence-corrected chi connectivity index (χ2v) is 23.1. The van der Waals surface area contributed by atoms with Crippen molar-refractivity contribution in [1.82, 2.24) is 0 Å². The van der Waals surface area contributed by atoms with Gasteiger partial charge in [0.15, 0.2) is 18.9 Å². The van der Waals surface area contributed by atoms with Gasteiger partial charge in [-0.15, -0.1) is 0 Å². The van der Waals surface area contributed by atoms with E-state index in [2.05, 4.69) is 54.5 Å². The number of carboxylic acids is 1. The van der Waals surface area contributed by atoms with Crippen LogP contribution in [0.1, 0.15) is 106 Å². The zero-order chi connectivity index (χ0) is 47.6. The summed E-state index contributed by atoms with van der Waals surface area (Å²) in [6, 6.07) is 0. The van der Waals surface area contributed by atoms with Gasteiger partial charge in [-0.2, -0.15) is 0 Å². The highest BCUT2D eigenvalue weighted by molar-refractivity contribution is 5.77. The molecule has 3 aliphatic heterocycles. The number of allylic oxidation sites excluding steroid dienone is 2. The standard InChI is InChI=1S/C47H76O18/c1-42(2)14-15-47(41(58)59)22(16-42)21-8-9-27-44(5)12-11-29(43(3,4)26(44)10-13-45(27,6)46(21,7)17-28(47)51)63-38-34(56)36(23(50)20-60-38)64-40-35(57)37(31(53)25(19-49)62-40)65-39-33(55)32(54)30(52)24(18-48)61-39/h8,22-40,48-57H,9-20H2,1-7H3,(H,58,59)/t22-,23-,24+,25+,26-,27+,28+,29-,30+,31+,32-,33+,34+,35+,36-,37-,38-,39-,40-,44-,45+,46+,47+/m0/s1. The van der Waals surface area contributed by atoms with Gasteiger partial charge in [-0.1, -0.05) is 60.1 Å². The Morgan fingerprint density at radius 3 is 1.94 bits per heavy atom. The average molecular weight is 929 g/mol. The number of hydrogen-bond donors (Lipinski definition) is 11. The van der Waals surface area contributed by atoms with Gasteiger partial charge in [0.05, 0.1) is 32.0 Å². The molecule has 0 spiro atoms. The molecule has 0 unspecified atom stereocenters. The maximum absolute atomic E-state index is 13.2. The van der Waals surface area contributed by atoms with Gasteiger partial charge in [0.25, 0.3) is 0 Å². The molecule has 23 atom stereocenters. The molecule has 3 heterocycles. The maximum atomic E-state index is 13.2. The van der Waals surface area contributed by atoms with E-state index in [-0.39, 0.29) is 40.6 Å². The summed E-state index contributed by atoms with van der Waals surface area (Å²) in [6.07, 6.45) is -15.4. The number of fused-ring (bicyclic) bond motifs is 7. The molecule has 5 aliphatic carbocycles. The molecule has 0 bridgehead atoms. The molecule has 11 N–H and O–H groups in total. The van der Waals surface area contributed by atoms with Gasteiger partial charge in [0, 0.05) is 0 Å². The lowest BCUT2D eigenvalue weighted by Gasteiger charge is -2.71. The molecule has 372 valence electrons. The van der Waals surface area contributed by atoms with E-state index in [0.717, 1.165) is 38.5 Å². The van der Waals surface area contributed by atoms with Gasteiger partial charge >= 0.3 is 5.97 Å². The van der Waals surface area contributed by atoms with Gasteiger partial charge < -0.3 is 84.6 Å². The molecule has 65 heavy (non-hydrogen) atoms. The monoisotopic (exact) mass is 929 g/mol. The van der Waals surface area contributed by atoms with Crippen LogP contribution in [0.25, 0.3) is 0 Å². The number of carboxylic acid groups (broad SMARTS) is 1. The van der Waals surface area contributed by atoms with E-state index in [1.165, 1.54) is 5.57 Å². The Bertz CT molecular complexity index is 1780. The fourth-order valence-corrected chi connectivity index (χ4v) is 15.0. The quantitative estimate of drug-likeness (QED) is 0.110. The van der Waals surface area contributed by atoms with E-state index >= 15 is 0 Å². The van der Waals surface area contributed by atoms with Crippen molar-refractivity contribution < 1.29 is 89.4 Å². The number of rotatable bonds is 9. The van der Waals surface area contributed by atoms with Crippen LogP contribution < -0.4 is 0 Å². The van der Waals surface area contributed by atoms with Crippen molar-refractivity contribution in [2.75, 3.05) is 19.8 Å². The smallest absolute Gasteiger partial charge is 0.312 e.